The summed E-state index contributed by atoms with van der Waals surface area (Å²) in [6, 6.07) is 0. The Kier molecular flexibility index (Phi) is 64.4. The molecule has 11 nitrogen and oxygen atoms in total. The number of phosphoric ester groups is 1. The van der Waals surface area contributed by atoms with Gasteiger partial charge in [-0.3, -0.25) is 4.52 Å². The zero-order valence-corrected chi connectivity index (χ0v) is 37.7. The number of phosphoric acid groups is 2. The third kappa shape index (κ3) is 87.5. The number of hydrogen-bond donors (Lipinski definition) is 8. The number of aliphatic hydroxyl groups excluding tert-OH is 2. The topological polar surface area (TPSA) is 197 Å². The van der Waals surface area contributed by atoms with E-state index in [0.717, 1.165) is 25.7 Å². The quantitative estimate of drug-likeness (QED) is 0.0156. The van der Waals surface area contributed by atoms with Gasteiger partial charge in [-0.15, -0.1) is 0 Å². The number of rotatable bonds is 33. The number of nitrogens with one attached hydrogen (secondary N) is 1. The second-order valence-electron chi connectivity index (χ2n) is 12.7. The van der Waals surface area contributed by atoms with Gasteiger partial charge in [0.1, 0.15) is 0 Å². The van der Waals surface area contributed by atoms with Crippen LogP contribution in [-0.4, -0.2) is 67.6 Å². The average Bonchev–Trinajstić information content (AvgIpc) is 3.03. The Morgan fingerprint density at radius 2 is 0.720 bits per heavy atom. The average molecular weight is 790 g/mol. The van der Waals surface area contributed by atoms with Gasteiger partial charge in [-0.2, -0.15) is 6.42 Å². The Bertz CT molecular complexity index is 647. The van der Waals surface area contributed by atoms with Crippen LogP contribution in [0, 0.1) is 6.92 Å². The molecular formula is C36H82KNO10P2. The van der Waals surface area contributed by atoms with E-state index >= 15 is 0 Å². The predicted octanol–water partition coefficient (Wildman–Crippen LogP) is 6.51. The van der Waals surface area contributed by atoms with Crippen molar-refractivity contribution in [1.82, 2.24) is 5.32 Å². The zero-order chi connectivity index (χ0) is 37.7. The smallest absolute Gasteiger partial charge is 0.395 e. The minimum Gasteiger partial charge on any atom is -0.395 e. The van der Waals surface area contributed by atoms with Crippen molar-refractivity contribution >= 4 is 15.6 Å². The fourth-order valence-electron chi connectivity index (χ4n) is 4.96. The molecule has 0 amide bonds. The van der Waals surface area contributed by atoms with Crippen LogP contribution in [0.5, 0.6) is 0 Å². The SMILES string of the molecule is CCCCCCCCCCCCCCCCOP(=O)(O)O.O=P(O)(O)O.OCCNCCO.[CH2-]CCCCCCCCCCCCCCC.[K+]. The molecule has 0 bridgehead atoms. The van der Waals surface area contributed by atoms with Gasteiger partial charge in [-0.1, -0.05) is 181 Å². The first-order chi connectivity index (χ1) is 23.4. The molecule has 0 saturated carbocycles. The molecule has 0 rings (SSSR count). The first-order valence-electron chi connectivity index (χ1n) is 19.6. The molecule has 0 aliphatic heterocycles. The molecule has 0 saturated heterocycles. The van der Waals surface area contributed by atoms with Gasteiger partial charge >= 0.3 is 67.0 Å². The summed E-state index contributed by atoms with van der Waals surface area (Å²) < 4.78 is 23.7. The molecule has 0 aromatic rings. The summed E-state index contributed by atoms with van der Waals surface area (Å²) in [4.78, 5) is 38.6. The molecule has 14 heteroatoms. The van der Waals surface area contributed by atoms with E-state index in [9.17, 15) is 4.57 Å². The summed E-state index contributed by atoms with van der Waals surface area (Å²) in [6.45, 7) is 10.0. The first kappa shape index (κ1) is 61.0. The van der Waals surface area contributed by atoms with E-state index in [-0.39, 0.29) is 71.2 Å². The van der Waals surface area contributed by atoms with Gasteiger partial charge in [-0.25, -0.2) is 9.13 Å². The normalized spacial score (nSPS) is 11.0. The Balaban J connectivity index is -0.000000204. The van der Waals surface area contributed by atoms with Crippen LogP contribution in [0.3, 0.4) is 0 Å². The van der Waals surface area contributed by atoms with Gasteiger partial charge < -0.3 is 46.9 Å². The van der Waals surface area contributed by atoms with E-state index in [4.69, 9.17) is 39.2 Å². The molecule has 0 aliphatic rings. The second-order valence-corrected chi connectivity index (χ2v) is 15.0. The van der Waals surface area contributed by atoms with Crippen LogP contribution >= 0.6 is 15.6 Å². The monoisotopic (exact) mass is 790 g/mol. The van der Waals surface area contributed by atoms with E-state index in [0.29, 0.717) is 13.1 Å². The van der Waals surface area contributed by atoms with Crippen LogP contribution in [0.15, 0.2) is 0 Å². The number of aliphatic hydroxyl groups is 2. The van der Waals surface area contributed by atoms with Crippen LogP contribution < -0.4 is 56.7 Å². The Labute approximate surface area is 351 Å². The Hall–Kier alpha value is 1.74. The molecule has 8 N–H and O–H groups in total. The molecule has 0 atom stereocenters. The maximum absolute atomic E-state index is 10.4. The van der Waals surface area contributed by atoms with E-state index in [1.807, 2.05) is 0 Å². The molecule has 302 valence electrons. The fourth-order valence-corrected chi connectivity index (χ4v) is 5.32. The molecule has 0 fully saturated rings. The van der Waals surface area contributed by atoms with Crippen LogP contribution in [0.2, 0.25) is 0 Å². The molecule has 0 spiro atoms. The van der Waals surface area contributed by atoms with Gasteiger partial charge in [0, 0.05) is 13.1 Å². The van der Waals surface area contributed by atoms with E-state index < -0.39 is 15.6 Å². The maximum atomic E-state index is 10.4. The van der Waals surface area contributed by atoms with Gasteiger partial charge in [0.2, 0.25) is 0 Å². The third-order valence-electron chi connectivity index (χ3n) is 7.69. The Morgan fingerprint density at radius 1 is 0.480 bits per heavy atom. The molecule has 0 aromatic heterocycles. The van der Waals surface area contributed by atoms with Crippen molar-refractivity contribution in [2.45, 2.75) is 194 Å². The van der Waals surface area contributed by atoms with Crippen molar-refractivity contribution in [3.8, 4) is 0 Å². The molecular weight excluding hydrogens is 707 g/mol. The summed E-state index contributed by atoms with van der Waals surface area (Å²) in [5.41, 5.74) is 0. The van der Waals surface area contributed by atoms with Crippen molar-refractivity contribution in [1.29, 1.82) is 0 Å². The largest absolute Gasteiger partial charge is 1.00 e. The van der Waals surface area contributed by atoms with Crippen molar-refractivity contribution in [2.75, 3.05) is 32.9 Å². The molecule has 0 radical (unpaired) electrons. The molecule has 0 heterocycles. The minimum absolute atomic E-state index is 0. The van der Waals surface area contributed by atoms with Gasteiger partial charge in [0.15, 0.2) is 0 Å². The van der Waals surface area contributed by atoms with Crippen LogP contribution in [0.25, 0.3) is 0 Å². The third-order valence-corrected chi connectivity index (χ3v) is 8.21. The summed E-state index contributed by atoms with van der Waals surface area (Å²) in [7, 11) is -8.89. The summed E-state index contributed by atoms with van der Waals surface area (Å²) in [5.74, 6) is 0. The van der Waals surface area contributed by atoms with Gasteiger partial charge in [0.05, 0.1) is 19.8 Å². The van der Waals surface area contributed by atoms with Crippen molar-refractivity contribution in [2.24, 2.45) is 0 Å². The molecule has 0 unspecified atom stereocenters. The van der Waals surface area contributed by atoms with E-state index in [1.165, 1.54) is 154 Å². The van der Waals surface area contributed by atoms with Gasteiger partial charge in [0.25, 0.3) is 0 Å². The van der Waals surface area contributed by atoms with Crippen LogP contribution in [-0.2, 0) is 13.7 Å². The summed E-state index contributed by atoms with van der Waals surface area (Å²) >= 11 is 0. The number of hydrogen-bond acceptors (Lipinski definition) is 6. The second kappa shape index (κ2) is 52.8. The number of unbranched alkanes of at least 4 members (excludes halogenated alkanes) is 26. The standard InChI is InChI=1S/C16H35O4P.C16H33.C4H11NO2.K.H3O4P/c1-2-3-4-5-6-7-8-9-10-11-12-13-14-15-16-20-21(17,18)19;1-3-5-7-9-11-13-15-16-14-12-10-8-6-4-2;6-3-1-5-2-4-7;;1-5(2,3)4/h2-16H2,1H3,(H2,17,18,19);1,3-16H2,2H3;5-7H,1-4H2;;(H3,1,2,3,4)/q;-1;;+1;. The van der Waals surface area contributed by atoms with Crippen LogP contribution in [0.1, 0.15) is 194 Å². The fraction of sp³-hybridized carbons (Fsp3) is 0.972. The van der Waals surface area contributed by atoms with E-state index in [1.54, 1.807) is 0 Å². The first-order valence-corrected chi connectivity index (χ1v) is 22.7. The van der Waals surface area contributed by atoms with Gasteiger partial charge in [-0.05, 0) is 6.42 Å². The maximum Gasteiger partial charge on any atom is 1.00 e. The summed E-state index contributed by atoms with van der Waals surface area (Å²) in [5, 5.41) is 19.1. The van der Waals surface area contributed by atoms with Crippen molar-refractivity contribution in [3.63, 3.8) is 0 Å². The van der Waals surface area contributed by atoms with Crippen molar-refractivity contribution in [3.05, 3.63) is 6.92 Å². The molecule has 0 aromatic carbocycles. The summed E-state index contributed by atoms with van der Waals surface area (Å²) in [6.07, 6.45) is 37.6. The molecule has 50 heavy (non-hydrogen) atoms. The van der Waals surface area contributed by atoms with E-state index in [2.05, 4.69) is 30.6 Å². The zero-order valence-electron chi connectivity index (χ0n) is 32.8. The Morgan fingerprint density at radius 3 is 0.940 bits per heavy atom. The van der Waals surface area contributed by atoms with Crippen molar-refractivity contribution < 1.29 is 99.7 Å². The minimum atomic E-state index is -4.64. The van der Waals surface area contributed by atoms with Crippen LogP contribution in [0.4, 0.5) is 0 Å². The molecule has 0 aliphatic carbocycles. The predicted molar refractivity (Wildman–Crippen MR) is 205 cm³/mol.